The molecule has 0 heterocycles. The quantitative estimate of drug-likeness (QED) is 0.605. The largest absolute Gasteiger partial charge is 0.469 e. The molecule has 106 valence electrons. The van der Waals surface area contributed by atoms with Gasteiger partial charge in [-0.2, -0.15) is 0 Å². The van der Waals surface area contributed by atoms with Gasteiger partial charge in [-0.05, 0) is 23.8 Å². The Morgan fingerprint density at radius 1 is 1.47 bits per heavy atom. The minimum atomic E-state index is -0.161. The summed E-state index contributed by atoms with van der Waals surface area (Å²) in [6, 6.07) is 6.69. The molecule has 0 aliphatic heterocycles. The van der Waals surface area contributed by atoms with Crippen molar-refractivity contribution in [3.05, 3.63) is 28.2 Å². The van der Waals surface area contributed by atoms with Crippen LogP contribution < -0.4 is 5.32 Å². The Morgan fingerprint density at radius 2 is 2.21 bits per heavy atom. The molecule has 0 amide bonds. The van der Waals surface area contributed by atoms with Gasteiger partial charge in [0.25, 0.3) is 0 Å². The van der Waals surface area contributed by atoms with Crippen LogP contribution in [0.2, 0.25) is 0 Å². The molecule has 19 heavy (non-hydrogen) atoms. The zero-order valence-corrected chi connectivity index (χ0v) is 13.9. The second-order valence-corrected chi connectivity index (χ2v) is 6.51. The highest BCUT2D eigenvalue weighted by Gasteiger charge is 2.07. The number of hydrogen-bond acceptors (Lipinski definition) is 4. The summed E-state index contributed by atoms with van der Waals surface area (Å²) in [6.45, 7) is 5.09. The number of carbonyl (C=O) groups excluding carboxylic acids is 1. The van der Waals surface area contributed by atoms with Crippen LogP contribution in [-0.4, -0.2) is 24.9 Å². The van der Waals surface area contributed by atoms with Crippen molar-refractivity contribution < 1.29 is 9.53 Å². The van der Waals surface area contributed by atoms with Crippen LogP contribution in [0.5, 0.6) is 0 Å². The summed E-state index contributed by atoms with van der Waals surface area (Å²) in [7, 11) is 1.42. The third-order valence-corrected chi connectivity index (χ3v) is 4.13. The molecule has 1 aromatic rings. The van der Waals surface area contributed by atoms with Gasteiger partial charge >= 0.3 is 5.97 Å². The Balaban J connectivity index is 2.62. The van der Waals surface area contributed by atoms with E-state index in [9.17, 15) is 4.79 Å². The van der Waals surface area contributed by atoms with Gasteiger partial charge in [-0.25, -0.2) is 0 Å². The minimum Gasteiger partial charge on any atom is -0.469 e. The zero-order valence-electron chi connectivity index (χ0n) is 11.5. The molecule has 0 atom stereocenters. The third-order valence-electron chi connectivity index (χ3n) is 2.51. The molecule has 0 saturated carbocycles. The van der Waals surface area contributed by atoms with Crippen LogP contribution in [0, 0.1) is 0 Å². The number of benzene rings is 1. The highest BCUT2D eigenvalue weighted by atomic mass is 79.9. The molecule has 0 aliphatic carbocycles. The van der Waals surface area contributed by atoms with Crippen molar-refractivity contribution in [1.82, 2.24) is 5.32 Å². The molecule has 0 saturated heterocycles. The topological polar surface area (TPSA) is 38.3 Å². The lowest BCUT2D eigenvalue weighted by atomic mass is 10.2. The number of hydrogen-bond donors (Lipinski definition) is 1. The van der Waals surface area contributed by atoms with Crippen molar-refractivity contribution in [2.24, 2.45) is 0 Å². The van der Waals surface area contributed by atoms with E-state index in [4.69, 9.17) is 0 Å². The summed E-state index contributed by atoms with van der Waals surface area (Å²) in [5.74, 6) is 0.578. The monoisotopic (exact) mass is 345 g/mol. The number of ether oxygens (including phenoxy) is 1. The van der Waals surface area contributed by atoms with E-state index >= 15 is 0 Å². The molecule has 1 aromatic carbocycles. The predicted octanol–water partition coefficient (Wildman–Crippen LogP) is 3.60. The van der Waals surface area contributed by atoms with Gasteiger partial charge in [0.15, 0.2) is 0 Å². The number of methoxy groups -OCH3 is 1. The fraction of sp³-hybridized carbons (Fsp3) is 0.500. The predicted molar refractivity (Wildman–Crippen MR) is 83.5 cm³/mol. The zero-order chi connectivity index (χ0) is 14.3. The van der Waals surface area contributed by atoms with E-state index in [-0.39, 0.29) is 5.97 Å². The van der Waals surface area contributed by atoms with Crippen LogP contribution in [0.3, 0.4) is 0 Å². The Morgan fingerprint density at radius 3 is 2.84 bits per heavy atom. The summed E-state index contributed by atoms with van der Waals surface area (Å²) < 4.78 is 5.72. The molecule has 3 nitrogen and oxygen atoms in total. The summed E-state index contributed by atoms with van der Waals surface area (Å²) in [5.41, 5.74) is 1.25. The van der Waals surface area contributed by atoms with E-state index in [1.54, 1.807) is 11.8 Å². The number of rotatable bonds is 7. The maximum atomic E-state index is 11.1. The van der Waals surface area contributed by atoms with Gasteiger partial charge in [0.2, 0.25) is 0 Å². The van der Waals surface area contributed by atoms with Crippen molar-refractivity contribution in [3.8, 4) is 0 Å². The van der Waals surface area contributed by atoms with Gasteiger partial charge in [0.1, 0.15) is 0 Å². The lowest BCUT2D eigenvalue weighted by Gasteiger charge is -2.12. The Bertz CT molecular complexity index is 424. The van der Waals surface area contributed by atoms with E-state index in [0.29, 0.717) is 12.5 Å². The van der Waals surface area contributed by atoms with Crippen LogP contribution >= 0.6 is 27.7 Å². The molecule has 0 unspecified atom stereocenters. The molecular weight excluding hydrogens is 326 g/mol. The van der Waals surface area contributed by atoms with E-state index < -0.39 is 0 Å². The van der Waals surface area contributed by atoms with Gasteiger partial charge in [-0.1, -0.05) is 29.8 Å². The standard InChI is InChI=1S/C14H20BrNO2S/c1-10(2)16-9-11-8-12(15)4-5-13(11)19-7-6-14(17)18-3/h4-5,8,10,16H,6-7,9H2,1-3H3. The van der Waals surface area contributed by atoms with Gasteiger partial charge in [0.05, 0.1) is 13.5 Å². The third kappa shape index (κ3) is 6.45. The number of carbonyl (C=O) groups is 1. The van der Waals surface area contributed by atoms with E-state index in [1.807, 2.05) is 6.07 Å². The first-order valence-electron chi connectivity index (χ1n) is 6.24. The van der Waals surface area contributed by atoms with E-state index in [0.717, 1.165) is 16.8 Å². The van der Waals surface area contributed by atoms with E-state index in [1.165, 1.54) is 17.6 Å². The second kappa shape index (κ2) is 8.61. The van der Waals surface area contributed by atoms with Crippen LogP contribution in [0.15, 0.2) is 27.6 Å². The normalized spacial score (nSPS) is 10.8. The van der Waals surface area contributed by atoms with Crippen LogP contribution in [-0.2, 0) is 16.1 Å². The first-order chi connectivity index (χ1) is 9.02. The molecule has 0 aromatic heterocycles. The van der Waals surface area contributed by atoms with Gasteiger partial charge in [-0.3, -0.25) is 4.79 Å². The summed E-state index contributed by atoms with van der Waals surface area (Å²) in [4.78, 5) is 12.3. The van der Waals surface area contributed by atoms with Gasteiger partial charge < -0.3 is 10.1 Å². The van der Waals surface area contributed by atoms with Gasteiger partial charge in [0, 0.05) is 27.7 Å². The Kier molecular flexibility index (Phi) is 7.49. The fourth-order valence-electron chi connectivity index (χ4n) is 1.49. The van der Waals surface area contributed by atoms with Crippen molar-refractivity contribution in [2.75, 3.05) is 12.9 Å². The SMILES string of the molecule is COC(=O)CCSc1ccc(Br)cc1CNC(C)C. The summed E-state index contributed by atoms with van der Waals surface area (Å²) in [5, 5.41) is 3.41. The number of esters is 1. The van der Waals surface area contributed by atoms with Crippen molar-refractivity contribution >= 4 is 33.7 Å². The number of halogens is 1. The molecule has 0 fully saturated rings. The molecular formula is C14H20BrNO2S. The average Bonchev–Trinajstić information content (AvgIpc) is 2.38. The van der Waals surface area contributed by atoms with Crippen LogP contribution in [0.25, 0.3) is 0 Å². The Labute approximate surface area is 127 Å². The highest BCUT2D eigenvalue weighted by molar-refractivity contribution is 9.10. The summed E-state index contributed by atoms with van der Waals surface area (Å²) >= 11 is 5.18. The maximum absolute atomic E-state index is 11.1. The fourth-order valence-corrected chi connectivity index (χ4v) is 2.87. The first-order valence-corrected chi connectivity index (χ1v) is 8.02. The molecule has 0 bridgehead atoms. The van der Waals surface area contributed by atoms with Crippen LogP contribution in [0.1, 0.15) is 25.8 Å². The van der Waals surface area contributed by atoms with E-state index in [2.05, 4.69) is 52.0 Å². The lowest BCUT2D eigenvalue weighted by molar-refractivity contribution is -0.140. The molecule has 0 radical (unpaired) electrons. The maximum Gasteiger partial charge on any atom is 0.306 e. The highest BCUT2D eigenvalue weighted by Crippen LogP contribution is 2.26. The molecule has 0 spiro atoms. The molecule has 1 rings (SSSR count). The second-order valence-electron chi connectivity index (χ2n) is 4.46. The minimum absolute atomic E-state index is 0.161. The lowest BCUT2D eigenvalue weighted by Crippen LogP contribution is -2.22. The molecule has 5 heteroatoms. The average molecular weight is 346 g/mol. The first kappa shape index (κ1) is 16.5. The van der Waals surface area contributed by atoms with Crippen molar-refractivity contribution in [2.45, 2.75) is 37.8 Å². The van der Waals surface area contributed by atoms with Gasteiger partial charge in [-0.15, -0.1) is 11.8 Å². The van der Waals surface area contributed by atoms with Crippen molar-refractivity contribution in [1.29, 1.82) is 0 Å². The molecule has 0 aliphatic rings. The van der Waals surface area contributed by atoms with Crippen LogP contribution in [0.4, 0.5) is 0 Å². The molecule has 1 N–H and O–H groups in total. The van der Waals surface area contributed by atoms with Crippen molar-refractivity contribution in [3.63, 3.8) is 0 Å². The Hall–Kier alpha value is -0.520. The number of thioether (sulfide) groups is 1. The number of nitrogens with one attached hydrogen (secondary N) is 1. The smallest absolute Gasteiger partial charge is 0.306 e. The summed E-state index contributed by atoms with van der Waals surface area (Å²) in [6.07, 6.45) is 0.439.